The Labute approximate surface area is 93.2 Å². The number of halogens is 2. The lowest BCUT2D eigenvalue weighted by Crippen LogP contribution is -2.09. The molecule has 1 aromatic carbocycles. The third kappa shape index (κ3) is 1.44. The van der Waals surface area contributed by atoms with Gasteiger partial charge in [0.05, 0.1) is 10.9 Å². The van der Waals surface area contributed by atoms with Gasteiger partial charge < -0.3 is 0 Å². The third-order valence-electron chi connectivity index (χ3n) is 1.98. The van der Waals surface area contributed by atoms with Crippen LogP contribution in [0.3, 0.4) is 0 Å². The number of rotatable bonds is 0. The Morgan fingerprint density at radius 1 is 1.50 bits per heavy atom. The van der Waals surface area contributed by atoms with E-state index in [0.717, 1.165) is 10.0 Å². The Hall–Kier alpha value is -0.870. The lowest BCUT2D eigenvalue weighted by Gasteiger charge is -2.02. The number of nitrogens with zero attached hydrogens (tertiary/aromatic N) is 1. The van der Waals surface area contributed by atoms with Crippen molar-refractivity contribution < 1.29 is 0 Å². The van der Waals surface area contributed by atoms with Crippen LogP contribution >= 0.6 is 27.5 Å². The molecule has 0 aliphatic rings. The van der Waals surface area contributed by atoms with Crippen LogP contribution in [0.5, 0.6) is 0 Å². The van der Waals surface area contributed by atoms with Crippen LogP contribution in [0, 0.1) is 6.92 Å². The largest absolute Gasteiger partial charge is 0.297 e. The van der Waals surface area contributed by atoms with Gasteiger partial charge in [-0.3, -0.25) is 9.78 Å². The van der Waals surface area contributed by atoms with Gasteiger partial charge in [-0.1, -0.05) is 6.07 Å². The van der Waals surface area contributed by atoms with Crippen molar-refractivity contribution in [3.8, 4) is 0 Å². The number of nitrogens with one attached hydrogen (secondary N) is 1. The first-order valence-corrected chi connectivity index (χ1v) is 5.11. The fourth-order valence-corrected chi connectivity index (χ4v) is 1.98. The number of aryl methyl sites for hydroxylation is 1. The molecule has 0 spiro atoms. The second-order valence-electron chi connectivity index (χ2n) is 2.94. The van der Waals surface area contributed by atoms with E-state index in [1.807, 2.05) is 19.1 Å². The first-order chi connectivity index (χ1) is 6.59. The highest BCUT2D eigenvalue weighted by Crippen LogP contribution is 2.22. The normalized spacial score (nSPS) is 10.8. The van der Waals surface area contributed by atoms with Crippen LogP contribution in [0.1, 0.15) is 5.56 Å². The summed E-state index contributed by atoms with van der Waals surface area (Å²) in [4.78, 5) is 18.1. The van der Waals surface area contributed by atoms with E-state index in [9.17, 15) is 4.79 Å². The highest BCUT2D eigenvalue weighted by atomic mass is 79.9. The maximum atomic E-state index is 11.6. The average Bonchev–Trinajstić information content (AvgIpc) is 2.10. The van der Waals surface area contributed by atoms with Gasteiger partial charge in [0, 0.05) is 4.47 Å². The van der Waals surface area contributed by atoms with Crippen LogP contribution in [0.4, 0.5) is 0 Å². The van der Waals surface area contributed by atoms with Crippen molar-refractivity contribution in [3.05, 3.63) is 37.8 Å². The van der Waals surface area contributed by atoms with Crippen LogP contribution < -0.4 is 5.56 Å². The lowest BCUT2D eigenvalue weighted by atomic mass is 10.1. The Balaban J connectivity index is 3.08. The van der Waals surface area contributed by atoms with E-state index in [0.29, 0.717) is 10.9 Å². The van der Waals surface area contributed by atoms with Gasteiger partial charge in [-0.2, -0.15) is 0 Å². The van der Waals surface area contributed by atoms with Crippen molar-refractivity contribution in [3.63, 3.8) is 0 Å². The minimum Gasteiger partial charge on any atom is -0.297 e. The molecule has 0 fully saturated rings. The van der Waals surface area contributed by atoms with Gasteiger partial charge in [0.1, 0.15) is 0 Å². The summed E-state index contributed by atoms with van der Waals surface area (Å²) in [6, 6.07) is 3.71. The zero-order chi connectivity index (χ0) is 10.3. The second-order valence-corrected chi connectivity index (χ2v) is 4.16. The molecular weight excluding hydrogens is 267 g/mol. The van der Waals surface area contributed by atoms with E-state index >= 15 is 0 Å². The Morgan fingerprint density at radius 3 is 2.93 bits per heavy atom. The van der Waals surface area contributed by atoms with Crippen molar-refractivity contribution >= 4 is 38.4 Å². The van der Waals surface area contributed by atoms with E-state index in [1.165, 1.54) is 0 Å². The zero-order valence-corrected chi connectivity index (χ0v) is 9.61. The fraction of sp³-hybridized carbons (Fsp3) is 0.111. The predicted molar refractivity (Wildman–Crippen MR) is 59.8 cm³/mol. The molecule has 0 aliphatic heterocycles. The van der Waals surface area contributed by atoms with E-state index in [1.54, 1.807) is 0 Å². The first-order valence-electron chi connectivity index (χ1n) is 3.94. The van der Waals surface area contributed by atoms with Crippen LogP contribution in [0.15, 0.2) is 21.4 Å². The molecule has 5 heteroatoms. The van der Waals surface area contributed by atoms with Gasteiger partial charge in [0.15, 0.2) is 0 Å². The summed E-state index contributed by atoms with van der Waals surface area (Å²) in [5.41, 5.74) is 1.33. The lowest BCUT2D eigenvalue weighted by molar-refractivity contribution is 1.16. The molecule has 1 heterocycles. The van der Waals surface area contributed by atoms with Gasteiger partial charge >= 0.3 is 0 Å². The number of benzene rings is 1. The van der Waals surface area contributed by atoms with Gasteiger partial charge in [0.2, 0.25) is 5.28 Å². The SMILES string of the molecule is Cc1ccc(Br)c2c(=O)[nH]c(Cl)nc12. The number of aromatic amines is 1. The molecule has 0 saturated carbocycles. The molecule has 2 rings (SSSR count). The topological polar surface area (TPSA) is 45.8 Å². The van der Waals surface area contributed by atoms with Gasteiger partial charge in [0.25, 0.3) is 5.56 Å². The predicted octanol–water partition coefficient (Wildman–Crippen LogP) is 2.65. The van der Waals surface area contributed by atoms with Crippen molar-refractivity contribution in [2.45, 2.75) is 6.92 Å². The number of hydrogen-bond donors (Lipinski definition) is 1. The van der Waals surface area contributed by atoms with E-state index in [2.05, 4.69) is 25.9 Å². The number of hydrogen-bond acceptors (Lipinski definition) is 2. The van der Waals surface area contributed by atoms with Gasteiger partial charge in [-0.15, -0.1) is 0 Å². The molecule has 0 unspecified atom stereocenters. The van der Waals surface area contributed by atoms with Crippen molar-refractivity contribution in [1.29, 1.82) is 0 Å². The monoisotopic (exact) mass is 272 g/mol. The molecule has 2 aromatic rings. The van der Waals surface area contributed by atoms with Crippen molar-refractivity contribution in [1.82, 2.24) is 9.97 Å². The second kappa shape index (κ2) is 3.37. The van der Waals surface area contributed by atoms with Crippen LogP contribution in [-0.4, -0.2) is 9.97 Å². The number of H-pyrrole nitrogens is 1. The minimum absolute atomic E-state index is 0.115. The molecule has 0 bridgehead atoms. The summed E-state index contributed by atoms with van der Waals surface area (Å²) in [7, 11) is 0. The molecule has 0 saturated heterocycles. The highest BCUT2D eigenvalue weighted by Gasteiger charge is 2.08. The molecule has 0 aliphatic carbocycles. The molecular formula is C9H6BrClN2O. The molecule has 72 valence electrons. The fourth-order valence-electron chi connectivity index (χ4n) is 1.31. The Kier molecular flexibility index (Phi) is 2.33. The molecule has 1 aromatic heterocycles. The van der Waals surface area contributed by atoms with Crippen LogP contribution in [0.2, 0.25) is 5.28 Å². The summed E-state index contributed by atoms with van der Waals surface area (Å²) < 4.78 is 0.725. The van der Waals surface area contributed by atoms with Crippen LogP contribution in [-0.2, 0) is 0 Å². The number of aromatic nitrogens is 2. The molecule has 0 atom stereocenters. The van der Waals surface area contributed by atoms with E-state index < -0.39 is 0 Å². The Morgan fingerprint density at radius 2 is 2.21 bits per heavy atom. The summed E-state index contributed by atoms with van der Waals surface area (Å²) >= 11 is 8.97. The summed E-state index contributed by atoms with van der Waals surface area (Å²) in [5.74, 6) is 0. The average molecular weight is 274 g/mol. The van der Waals surface area contributed by atoms with Gasteiger partial charge in [-0.05, 0) is 46.1 Å². The summed E-state index contributed by atoms with van der Waals surface area (Å²) in [6.45, 7) is 1.89. The maximum absolute atomic E-state index is 11.6. The summed E-state index contributed by atoms with van der Waals surface area (Å²) in [5, 5.41) is 0.651. The molecule has 3 nitrogen and oxygen atoms in total. The van der Waals surface area contributed by atoms with Crippen molar-refractivity contribution in [2.24, 2.45) is 0 Å². The molecule has 0 radical (unpaired) electrons. The van der Waals surface area contributed by atoms with Crippen molar-refractivity contribution in [2.75, 3.05) is 0 Å². The summed E-state index contributed by atoms with van der Waals surface area (Å²) in [6.07, 6.45) is 0. The number of fused-ring (bicyclic) bond motifs is 1. The molecule has 0 amide bonds. The Bertz CT molecular complexity index is 564. The smallest absolute Gasteiger partial charge is 0.260 e. The highest BCUT2D eigenvalue weighted by molar-refractivity contribution is 9.10. The van der Waals surface area contributed by atoms with E-state index in [-0.39, 0.29) is 10.8 Å². The minimum atomic E-state index is -0.226. The zero-order valence-electron chi connectivity index (χ0n) is 7.27. The van der Waals surface area contributed by atoms with Gasteiger partial charge in [-0.25, -0.2) is 4.98 Å². The van der Waals surface area contributed by atoms with Crippen LogP contribution in [0.25, 0.3) is 10.9 Å². The first kappa shape index (κ1) is 9.68. The quantitative estimate of drug-likeness (QED) is 0.750. The maximum Gasteiger partial charge on any atom is 0.260 e. The van der Waals surface area contributed by atoms with E-state index in [4.69, 9.17) is 11.6 Å². The standard InChI is InChI=1S/C9H6BrClN2O/c1-4-2-3-5(10)6-7(4)12-9(11)13-8(6)14/h2-3H,1H3,(H,12,13,14). The molecule has 1 N–H and O–H groups in total. The molecule has 14 heavy (non-hydrogen) atoms. The third-order valence-corrected chi connectivity index (χ3v) is 2.82.